The van der Waals surface area contributed by atoms with Gasteiger partial charge in [-0.05, 0) is 6.42 Å². The summed E-state index contributed by atoms with van der Waals surface area (Å²) < 4.78 is 0. The number of hydroxylamine groups is 1. The van der Waals surface area contributed by atoms with Crippen molar-refractivity contribution in [2.75, 3.05) is 6.61 Å². The second kappa shape index (κ2) is 6.38. The molecule has 7 nitrogen and oxygen atoms in total. The topological polar surface area (TPSA) is 123 Å². The van der Waals surface area contributed by atoms with Gasteiger partial charge in [-0.1, -0.05) is 0 Å². The third-order valence-corrected chi connectivity index (χ3v) is 1.06. The molecular weight excluding hydrogens is 164 g/mol. The summed E-state index contributed by atoms with van der Waals surface area (Å²) in [6.45, 7) is 0.180. The highest BCUT2D eigenvalue weighted by atomic mass is 16.6. The molecule has 70 valence electrons. The molecule has 1 atom stereocenters. The molecule has 0 aliphatic heterocycles. The zero-order valence-electron chi connectivity index (χ0n) is 6.43. The summed E-state index contributed by atoms with van der Waals surface area (Å²) in [4.78, 5) is 14.8. The first-order chi connectivity index (χ1) is 5.68. The van der Waals surface area contributed by atoms with Crippen molar-refractivity contribution in [1.29, 1.82) is 0 Å². The molecule has 0 bridgehead atoms. The number of rotatable bonds is 6. The van der Waals surface area contributed by atoms with Crippen LogP contribution < -0.4 is 17.1 Å². The second-order valence-electron chi connectivity index (χ2n) is 1.98. The average Bonchev–Trinajstić information content (AvgIpc) is 2.03. The first-order valence-electron chi connectivity index (χ1n) is 3.26. The molecule has 0 saturated carbocycles. The van der Waals surface area contributed by atoms with E-state index in [-0.39, 0.29) is 13.0 Å². The quantitative estimate of drug-likeness (QED) is 0.125. The molecule has 0 saturated heterocycles. The maximum Gasteiger partial charge on any atom is 0.320 e. The minimum atomic E-state index is -1.05. The van der Waals surface area contributed by atoms with Crippen LogP contribution in [0, 0.1) is 0 Å². The van der Waals surface area contributed by atoms with Gasteiger partial charge in [-0.15, -0.1) is 0 Å². The van der Waals surface area contributed by atoms with Crippen molar-refractivity contribution in [3.8, 4) is 0 Å². The van der Waals surface area contributed by atoms with Gasteiger partial charge in [0.1, 0.15) is 12.4 Å². The Labute approximate surface area is 69.3 Å². The fourth-order valence-electron chi connectivity index (χ4n) is 0.436. The smallest absolute Gasteiger partial charge is 0.320 e. The lowest BCUT2D eigenvalue weighted by atomic mass is 10.2. The van der Waals surface area contributed by atoms with Crippen molar-refractivity contribution < 1.29 is 14.7 Å². The summed E-state index contributed by atoms with van der Waals surface area (Å²) in [5, 5.41) is 11.4. The van der Waals surface area contributed by atoms with Gasteiger partial charge < -0.3 is 16.7 Å². The normalized spacial score (nSPS) is 13.1. The minimum absolute atomic E-state index is 0.180. The van der Waals surface area contributed by atoms with Crippen molar-refractivity contribution in [1.82, 2.24) is 5.48 Å². The number of hydrazone groups is 1. The van der Waals surface area contributed by atoms with Gasteiger partial charge in [0.25, 0.3) is 0 Å². The summed E-state index contributed by atoms with van der Waals surface area (Å²) in [6, 6.07) is -0.901. The van der Waals surface area contributed by atoms with Crippen molar-refractivity contribution in [3.63, 3.8) is 0 Å². The van der Waals surface area contributed by atoms with E-state index >= 15 is 0 Å². The van der Waals surface area contributed by atoms with Gasteiger partial charge in [-0.2, -0.15) is 5.10 Å². The fourth-order valence-corrected chi connectivity index (χ4v) is 0.436. The van der Waals surface area contributed by atoms with Gasteiger partial charge in [0.05, 0.1) is 6.61 Å². The Morgan fingerprint density at radius 2 is 2.50 bits per heavy atom. The Morgan fingerprint density at radius 1 is 1.83 bits per heavy atom. The summed E-state index contributed by atoms with van der Waals surface area (Å²) in [7, 11) is 0. The van der Waals surface area contributed by atoms with Gasteiger partial charge in [0.2, 0.25) is 0 Å². The predicted molar refractivity (Wildman–Crippen MR) is 42.0 cm³/mol. The number of hydrogen-bond acceptors (Lipinski definition) is 5. The Balaban J connectivity index is 3.25. The van der Waals surface area contributed by atoms with Crippen LogP contribution >= 0.6 is 0 Å². The molecule has 0 aliphatic carbocycles. The van der Waals surface area contributed by atoms with Crippen LogP contribution in [-0.4, -0.2) is 30.1 Å². The molecule has 0 aromatic rings. The Morgan fingerprint density at radius 3 is 3.00 bits per heavy atom. The summed E-state index contributed by atoms with van der Waals surface area (Å²) in [6.07, 6.45) is 1.35. The molecule has 0 radical (unpaired) electrons. The summed E-state index contributed by atoms with van der Waals surface area (Å²) in [5.41, 5.74) is 7.43. The van der Waals surface area contributed by atoms with Crippen LogP contribution in [0.2, 0.25) is 0 Å². The number of hydrogen-bond donors (Lipinski definition) is 4. The van der Waals surface area contributed by atoms with E-state index < -0.39 is 12.0 Å². The number of carboxylic acids is 1. The van der Waals surface area contributed by atoms with Crippen LogP contribution in [0.5, 0.6) is 0 Å². The lowest BCUT2D eigenvalue weighted by Gasteiger charge is -2.05. The van der Waals surface area contributed by atoms with Gasteiger partial charge in [-0.25, -0.2) is 0 Å². The summed E-state index contributed by atoms with van der Waals surface area (Å²) in [5.74, 6) is 3.68. The Kier molecular flexibility index (Phi) is 5.66. The number of nitrogens with zero attached hydrogens (tertiary/aromatic N) is 1. The molecule has 0 amide bonds. The molecule has 6 N–H and O–H groups in total. The molecule has 0 rings (SSSR count). The molecular formula is C5H12N4O3. The fraction of sp³-hybridized carbons (Fsp3) is 0.600. The van der Waals surface area contributed by atoms with E-state index in [2.05, 4.69) is 15.4 Å². The number of aliphatic carboxylic acids is 1. The van der Waals surface area contributed by atoms with Crippen molar-refractivity contribution in [2.24, 2.45) is 16.7 Å². The molecule has 0 unspecified atom stereocenters. The lowest BCUT2D eigenvalue weighted by molar-refractivity contribution is -0.139. The maximum absolute atomic E-state index is 10.2. The van der Waals surface area contributed by atoms with E-state index in [1.54, 1.807) is 0 Å². The second-order valence-corrected chi connectivity index (χ2v) is 1.98. The van der Waals surface area contributed by atoms with Crippen LogP contribution in [0.1, 0.15) is 6.42 Å². The van der Waals surface area contributed by atoms with Crippen molar-refractivity contribution >= 4 is 12.3 Å². The van der Waals surface area contributed by atoms with Crippen LogP contribution in [0.15, 0.2) is 5.10 Å². The Bertz CT molecular complexity index is 161. The number of nitrogens with one attached hydrogen (secondary N) is 1. The highest BCUT2D eigenvalue weighted by molar-refractivity contribution is 5.72. The minimum Gasteiger partial charge on any atom is -0.480 e. The van der Waals surface area contributed by atoms with Crippen LogP contribution in [0.4, 0.5) is 0 Å². The molecule has 0 aromatic heterocycles. The highest BCUT2D eigenvalue weighted by Gasteiger charge is 2.09. The lowest BCUT2D eigenvalue weighted by Crippen LogP contribution is -2.32. The largest absolute Gasteiger partial charge is 0.480 e. The number of carbonyl (C=O) groups is 1. The number of carboxylic acid groups (broad SMARTS) is 1. The van der Waals surface area contributed by atoms with E-state index in [1.807, 2.05) is 0 Å². The average molecular weight is 176 g/mol. The first-order valence-corrected chi connectivity index (χ1v) is 3.26. The van der Waals surface area contributed by atoms with Gasteiger partial charge in [0, 0.05) is 0 Å². The number of nitrogens with two attached hydrogens (primary N) is 2. The monoisotopic (exact) mass is 176 g/mol. The molecule has 0 aliphatic rings. The van der Waals surface area contributed by atoms with Gasteiger partial charge >= 0.3 is 5.97 Å². The van der Waals surface area contributed by atoms with Gasteiger partial charge in [0.15, 0.2) is 0 Å². The zero-order valence-corrected chi connectivity index (χ0v) is 6.43. The first kappa shape index (κ1) is 10.7. The van der Waals surface area contributed by atoms with Crippen molar-refractivity contribution in [2.45, 2.75) is 12.5 Å². The molecule has 0 fully saturated rings. The van der Waals surface area contributed by atoms with Gasteiger partial charge in [-0.3, -0.25) is 15.1 Å². The predicted octanol–water partition coefficient (Wildman–Crippen LogP) is -1.79. The molecule has 0 aromatic carbocycles. The standard InChI is InChI=1S/C5H12N4O3/c6-4(5(10)11)1-2-12-9-3-8-7/h3-4H,1-2,6-7H2,(H,8,9)(H,10,11)/t4-/m0/s1. The van der Waals surface area contributed by atoms with E-state index in [9.17, 15) is 4.79 Å². The van der Waals surface area contributed by atoms with E-state index in [0.717, 1.165) is 6.34 Å². The molecule has 12 heavy (non-hydrogen) atoms. The molecule has 0 heterocycles. The molecule has 0 spiro atoms. The highest BCUT2D eigenvalue weighted by Crippen LogP contribution is 1.87. The van der Waals surface area contributed by atoms with E-state index in [4.69, 9.17) is 16.7 Å². The molecule has 7 heteroatoms. The van der Waals surface area contributed by atoms with E-state index in [0.29, 0.717) is 0 Å². The maximum atomic E-state index is 10.2. The van der Waals surface area contributed by atoms with E-state index in [1.165, 1.54) is 0 Å². The van der Waals surface area contributed by atoms with Crippen LogP contribution in [-0.2, 0) is 9.63 Å². The SMILES string of the molecule is NN=CNOCC[C@H](N)C(=O)O. The van der Waals surface area contributed by atoms with Crippen LogP contribution in [0.3, 0.4) is 0 Å². The summed E-state index contributed by atoms with van der Waals surface area (Å²) >= 11 is 0. The third kappa shape index (κ3) is 5.45. The van der Waals surface area contributed by atoms with Crippen molar-refractivity contribution in [3.05, 3.63) is 0 Å². The van der Waals surface area contributed by atoms with Crippen LogP contribution in [0.25, 0.3) is 0 Å². The third-order valence-electron chi connectivity index (χ3n) is 1.06. The Hall–Kier alpha value is -1.34. The zero-order chi connectivity index (χ0) is 9.40.